The fourth-order valence-corrected chi connectivity index (χ4v) is 3.24. The Morgan fingerprint density at radius 3 is 2.55 bits per heavy atom. The summed E-state index contributed by atoms with van der Waals surface area (Å²) >= 11 is 0. The Hall–Kier alpha value is -2.28. The summed E-state index contributed by atoms with van der Waals surface area (Å²) in [5.74, 6) is 0.708. The van der Waals surface area contributed by atoms with E-state index in [0.29, 0.717) is 23.2 Å². The van der Waals surface area contributed by atoms with Crippen molar-refractivity contribution in [3.63, 3.8) is 0 Å². The van der Waals surface area contributed by atoms with Crippen LogP contribution in [0.4, 0.5) is 4.39 Å². The molecule has 0 saturated carbocycles. The van der Waals surface area contributed by atoms with Crippen molar-refractivity contribution in [1.29, 1.82) is 0 Å². The molecule has 2 fully saturated rings. The standard InChI is InChI=1S/C15H16FN5O/c16-12-1-3-13(4-2-12)21-18-7-14(19-21)15(22)20-8-10-5-17-6-11(10)9-20/h1-4,7,10-11,17H,5-6,8-9H2/t10-,11+. The molecule has 0 unspecified atom stereocenters. The van der Waals surface area contributed by atoms with E-state index < -0.39 is 0 Å². The van der Waals surface area contributed by atoms with Gasteiger partial charge in [-0.1, -0.05) is 0 Å². The third kappa shape index (κ3) is 2.27. The second kappa shape index (κ2) is 5.17. The maximum atomic E-state index is 12.9. The molecule has 0 aliphatic carbocycles. The minimum absolute atomic E-state index is 0.0808. The largest absolute Gasteiger partial charge is 0.337 e. The number of fused-ring (bicyclic) bond motifs is 1. The van der Waals surface area contributed by atoms with Gasteiger partial charge in [0.25, 0.3) is 5.91 Å². The first-order valence-corrected chi connectivity index (χ1v) is 7.39. The molecule has 0 radical (unpaired) electrons. The van der Waals surface area contributed by atoms with E-state index in [4.69, 9.17) is 0 Å². The second-order valence-electron chi connectivity index (χ2n) is 5.88. The lowest BCUT2D eigenvalue weighted by Crippen LogP contribution is -2.32. The average molecular weight is 301 g/mol. The molecule has 2 saturated heterocycles. The zero-order valence-corrected chi connectivity index (χ0v) is 11.9. The summed E-state index contributed by atoms with van der Waals surface area (Å²) in [6.07, 6.45) is 1.47. The van der Waals surface area contributed by atoms with Gasteiger partial charge in [0, 0.05) is 26.2 Å². The number of rotatable bonds is 2. The third-order valence-corrected chi connectivity index (χ3v) is 4.45. The lowest BCUT2D eigenvalue weighted by Gasteiger charge is -2.15. The third-order valence-electron chi connectivity index (χ3n) is 4.45. The Labute approximate surface area is 126 Å². The molecule has 3 heterocycles. The van der Waals surface area contributed by atoms with Gasteiger partial charge < -0.3 is 10.2 Å². The van der Waals surface area contributed by atoms with Gasteiger partial charge in [-0.25, -0.2) is 4.39 Å². The molecule has 4 rings (SSSR count). The Kier molecular flexibility index (Phi) is 3.15. The van der Waals surface area contributed by atoms with E-state index in [-0.39, 0.29) is 11.7 Å². The first-order chi connectivity index (χ1) is 10.7. The topological polar surface area (TPSA) is 63.1 Å². The summed E-state index contributed by atoms with van der Waals surface area (Å²) < 4.78 is 12.9. The number of aromatic nitrogens is 3. The molecule has 2 aliphatic rings. The highest BCUT2D eigenvalue weighted by Gasteiger charge is 2.38. The summed E-state index contributed by atoms with van der Waals surface area (Å²) in [5.41, 5.74) is 0.959. The van der Waals surface area contributed by atoms with Crippen molar-refractivity contribution in [2.45, 2.75) is 0 Å². The highest BCUT2D eigenvalue weighted by Crippen LogP contribution is 2.27. The molecule has 7 heteroatoms. The first-order valence-electron chi connectivity index (χ1n) is 7.39. The van der Waals surface area contributed by atoms with Crippen LogP contribution in [0.25, 0.3) is 5.69 Å². The van der Waals surface area contributed by atoms with Crippen LogP contribution in [-0.4, -0.2) is 52.0 Å². The van der Waals surface area contributed by atoms with E-state index in [1.165, 1.54) is 23.1 Å². The minimum atomic E-state index is -0.315. The van der Waals surface area contributed by atoms with Crippen molar-refractivity contribution in [3.05, 3.63) is 42.0 Å². The molecule has 114 valence electrons. The molecule has 0 bridgehead atoms. The van der Waals surface area contributed by atoms with Gasteiger partial charge in [-0.15, -0.1) is 5.10 Å². The van der Waals surface area contributed by atoms with Gasteiger partial charge in [0.2, 0.25) is 0 Å². The number of likely N-dealkylation sites (tertiary alicyclic amines) is 1. The van der Waals surface area contributed by atoms with E-state index in [0.717, 1.165) is 26.2 Å². The highest BCUT2D eigenvalue weighted by molar-refractivity contribution is 5.92. The zero-order valence-electron chi connectivity index (χ0n) is 11.9. The first kappa shape index (κ1) is 13.4. The van der Waals surface area contributed by atoms with Gasteiger partial charge in [-0.05, 0) is 36.1 Å². The van der Waals surface area contributed by atoms with Crippen LogP contribution >= 0.6 is 0 Å². The summed E-state index contributed by atoms with van der Waals surface area (Å²) in [7, 11) is 0. The van der Waals surface area contributed by atoms with Crippen LogP contribution < -0.4 is 5.32 Å². The van der Waals surface area contributed by atoms with E-state index in [1.807, 2.05) is 4.90 Å². The van der Waals surface area contributed by atoms with Gasteiger partial charge in [-0.2, -0.15) is 9.90 Å². The normalized spacial score (nSPS) is 23.8. The number of carbonyl (C=O) groups excluding carboxylic acids is 1. The Morgan fingerprint density at radius 1 is 1.18 bits per heavy atom. The summed E-state index contributed by atoms with van der Waals surface area (Å²) in [4.78, 5) is 15.7. The number of halogens is 1. The smallest absolute Gasteiger partial charge is 0.276 e. The number of amides is 1. The molecule has 2 aromatic rings. The zero-order chi connectivity index (χ0) is 15.1. The Bertz CT molecular complexity index is 686. The average Bonchev–Trinajstić information content (AvgIpc) is 3.22. The molecule has 1 N–H and O–H groups in total. The van der Waals surface area contributed by atoms with Gasteiger partial charge >= 0.3 is 0 Å². The van der Waals surface area contributed by atoms with Gasteiger partial charge in [0.05, 0.1) is 11.9 Å². The van der Waals surface area contributed by atoms with Crippen molar-refractivity contribution in [1.82, 2.24) is 25.2 Å². The van der Waals surface area contributed by atoms with Crippen LogP contribution in [0.15, 0.2) is 30.5 Å². The van der Waals surface area contributed by atoms with Crippen LogP contribution in [0, 0.1) is 17.7 Å². The van der Waals surface area contributed by atoms with Crippen molar-refractivity contribution in [3.8, 4) is 5.69 Å². The second-order valence-corrected chi connectivity index (χ2v) is 5.88. The van der Waals surface area contributed by atoms with Crippen LogP contribution in [-0.2, 0) is 0 Å². The molecule has 6 nitrogen and oxygen atoms in total. The van der Waals surface area contributed by atoms with Gasteiger partial charge in [0.1, 0.15) is 5.82 Å². The molecule has 2 atom stereocenters. The van der Waals surface area contributed by atoms with E-state index in [2.05, 4.69) is 15.5 Å². The number of benzene rings is 1. The fourth-order valence-electron chi connectivity index (χ4n) is 3.24. The molecule has 1 amide bonds. The van der Waals surface area contributed by atoms with E-state index in [9.17, 15) is 9.18 Å². The number of nitrogens with zero attached hydrogens (tertiary/aromatic N) is 4. The monoisotopic (exact) mass is 301 g/mol. The van der Waals surface area contributed by atoms with Crippen LogP contribution in [0.2, 0.25) is 0 Å². The lowest BCUT2D eigenvalue weighted by atomic mass is 10.0. The predicted octanol–water partition coefficient (Wildman–Crippen LogP) is 0.698. The molecule has 0 spiro atoms. The molecule has 2 aliphatic heterocycles. The van der Waals surface area contributed by atoms with Crippen LogP contribution in [0.5, 0.6) is 0 Å². The molecular formula is C15H16FN5O. The molecule has 22 heavy (non-hydrogen) atoms. The highest BCUT2D eigenvalue weighted by atomic mass is 19.1. The van der Waals surface area contributed by atoms with Crippen molar-refractivity contribution < 1.29 is 9.18 Å². The summed E-state index contributed by atoms with van der Waals surface area (Å²) in [6.45, 7) is 3.52. The Balaban J connectivity index is 1.51. The van der Waals surface area contributed by atoms with Crippen LogP contribution in [0.3, 0.4) is 0 Å². The van der Waals surface area contributed by atoms with Crippen molar-refractivity contribution in [2.75, 3.05) is 26.2 Å². The van der Waals surface area contributed by atoms with Crippen molar-refractivity contribution in [2.24, 2.45) is 11.8 Å². The van der Waals surface area contributed by atoms with E-state index >= 15 is 0 Å². The van der Waals surface area contributed by atoms with Crippen molar-refractivity contribution >= 4 is 5.91 Å². The Morgan fingerprint density at radius 2 is 1.86 bits per heavy atom. The predicted molar refractivity (Wildman–Crippen MR) is 77.1 cm³/mol. The summed E-state index contributed by atoms with van der Waals surface area (Å²) in [6, 6.07) is 5.84. The van der Waals surface area contributed by atoms with Crippen LogP contribution in [0.1, 0.15) is 10.5 Å². The molecule has 1 aromatic carbocycles. The number of hydrogen-bond acceptors (Lipinski definition) is 4. The number of nitrogens with one attached hydrogen (secondary N) is 1. The van der Waals surface area contributed by atoms with E-state index in [1.54, 1.807) is 12.1 Å². The lowest BCUT2D eigenvalue weighted by molar-refractivity contribution is 0.0775. The SMILES string of the molecule is O=C(c1cnn(-c2ccc(F)cc2)n1)N1C[C@H]2CNC[C@H]2C1. The van der Waals surface area contributed by atoms with Gasteiger partial charge in [0.15, 0.2) is 5.69 Å². The minimum Gasteiger partial charge on any atom is -0.337 e. The molecular weight excluding hydrogens is 285 g/mol. The quantitative estimate of drug-likeness (QED) is 0.887. The maximum absolute atomic E-state index is 12.9. The fraction of sp³-hybridized carbons (Fsp3) is 0.400. The summed E-state index contributed by atoms with van der Waals surface area (Å²) in [5, 5.41) is 11.7. The number of hydrogen-bond donors (Lipinski definition) is 1. The molecule has 1 aromatic heterocycles. The maximum Gasteiger partial charge on any atom is 0.276 e. The number of carbonyl (C=O) groups is 1. The van der Waals surface area contributed by atoms with Gasteiger partial charge in [-0.3, -0.25) is 4.79 Å².